The Morgan fingerprint density at radius 2 is 2.11 bits per heavy atom. The van der Waals surface area contributed by atoms with Gasteiger partial charge in [0, 0.05) is 0 Å². The number of thiophene rings is 1. The number of alkyl carbamates (subject to hydrolysis) is 1. The molecule has 100 valence electrons. The van der Waals surface area contributed by atoms with E-state index in [9.17, 15) is 4.79 Å². The van der Waals surface area contributed by atoms with E-state index in [2.05, 4.69) is 5.32 Å². The van der Waals surface area contributed by atoms with Crippen molar-refractivity contribution in [2.75, 3.05) is 0 Å². The second-order valence-electron chi connectivity index (χ2n) is 4.22. The van der Waals surface area contributed by atoms with Gasteiger partial charge >= 0.3 is 6.09 Å². The van der Waals surface area contributed by atoms with Crippen LogP contribution in [0.25, 0.3) is 0 Å². The second kappa shape index (κ2) is 6.95. The molecule has 0 aliphatic rings. The maximum Gasteiger partial charge on any atom is 0.407 e. The number of ether oxygens (including phenoxy) is 1. The third-order valence-corrected chi connectivity index (χ3v) is 3.56. The number of hydrogen-bond donors (Lipinski definition) is 1. The molecule has 0 radical (unpaired) electrons. The standard InChI is InChI=1S/C15H17NO2S/c1-2-14(13-8-9-19-11-13)16-15(17)18-10-12-6-4-3-5-7-12/h3-9,11,14H,2,10H2,1H3,(H,16,17)/t14-/m0/s1. The Morgan fingerprint density at radius 1 is 1.32 bits per heavy atom. The van der Waals surface area contributed by atoms with Gasteiger partial charge in [0.15, 0.2) is 0 Å². The third-order valence-electron chi connectivity index (χ3n) is 2.86. The zero-order chi connectivity index (χ0) is 13.5. The van der Waals surface area contributed by atoms with Crippen molar-refractivity contribution in [3.05, 3.63) is 58.3 Å². The summed E-state index contributed by atoms with van der Waals surface area (Å²) in [4.78, 5) is 11.8. The molecule has 2 aromatic rings. The topological polar surface area (TPSA) is 38.3 Å². The molecular formula is C15H17NO2S. The number of benzene rings is 1. The van der Waals surface area contributed by atoms with Gasteiger partial charge in [-0.2, -0.15) is 11.3 Å². The van der Waals surface area contributed by atoms with Crippen molar-refractivity contribution in [3.8, 4) is 0 Å². The molecular weight excluding hydrogens is 258 g/mol. The summed E-state index contributed by atoms with van der Waals surface area (Å²) in [6.45, 7) is 2.34. The largest absolute Gasteiger partial charge is 0.445 e. The van der Waals surface area contributed by atoms with Gasteiger partial charge in [-0.15, -0.1) is 0 Å². The minimum absolute atomic E-state index is 0.0227. The van der Waals surface area contributed by atoms with Gasteiger partial charge in [0.05, 0.1) is 6.04 Å². The molecule has 0 spiro atoms. The minimum atomic E-state index is -0.373. The van der Waals surface area contributed by atoms with Crippen LogP contribution in [0.1, 0.15) is 30.5 Å². The van der Waals surface area contributed by atoms with Gasteiger partial charge in [-0.25, -0.2) is 4.79 Å². The number of amides is 1. The summed E-state index contributed by atoms with van der Waals surface area (Å²) in [6, 6.07) is 11.7. The molecule has 3 nitrogen and oxygen atoms in total. The molecule has 1 heterocycles. The Labute approximate surface area is 117 Å². The van der Waals surface area contributed by atoms with E-state index in [-0.39, 0.29) is 12.1 Å². The molecule has 0 aliphatic carbocycles. The van der Waals surface area contributed by atoms with Crippen LogP contribution in [-0.2, 0) is 11.3 Å². The predicted octanol–water partition coefficient (Wildman–Crippen LogP) is 4.13. The normalized spacial score (nSPS) is 11.8. The van der Waals surface area contributed by atoms with Crippen molar-refractivity contribution in [2.24, 2.45) is 0 Å². The van der Waals surface area contributed by atoms with Crippen molar-refractivity contribution >= 4 is 17.4 Å². The lowest BCUT2D eigenvalue weighted by atomic mass is 10.1. The highest BCUT2D eigenvalue weighted by Gasteiger charge is 2.13. The van der Waals surface area contributed by atoms with Crippen LogP contribution in [-0.4, -0.2) is 6.09 Å². The molecule has 0 saturated heterocycles. The van der Waals surface area contributed by atoms with Gasteiger partial charge in [-0.05, 0) is 34.4 Å². The molecule has 1 atom stereocenters. The third kappa shape index (κ3) is 4.10. The van der Waals surface area contributed by atoms with Crippen molar-refractivity contribution < 1.29 is 9.53 Å². The lowest BCUT2D eigenvalue weighted by Gasteiger charge is -2.15. The van der Waals surface area contributed by atoms with Gasteiger partial charge in [-0.3, -0.25) is 0 Å². The fourth-order valence-electron chi connectivity index (χ4n) is 1.80. The van der Waals surface area contributed by atoms with Crippen LogP contribution in [0.2, 0.25) is 0 Å². The van der Waals surface area contributed by atoms with Gasteiger partial charge < -0.3 is 10.1 Å². The Bertz CT molecular complexity index is 496. The monoisotopic (exact) mass is 275 g/mol. The first-order valence-electron chi connectivity index (χ1n) is 6.29. The molecule has 1 aromatic carbocycles. The molecule has 1 amide bonds. The smallest absolute Gasteiger partial charge is 0.407 e. The molecule has 0 bridgehead atoms. The summed E-state index contributed by atoms with van der Waals surface area (Å²) in [5, 5.41) is 6.94. The van der Waals surface area contributed by atoms with Crippen LogP contribution in [0.4, 0.5) is 4.79 Å². The lowest BCUT2D eigenvalue weighted by molar-refractivity contribution is 0.135. The predicted molar refractivity (Wildman–Crippen MR) is 77.1 cm³/mol. The molecule has 1 N–H and O–H groups in total. The van der Waals surface area contributed by atoms with Crippen molar-refractivity contribution in [1.82, 2.24) is 5.32 Å². The van der Waals surface area contributed by atoms with Crippen LogP contribution in [0.15, 0.2) is 47.2 Å². The molecule has 1 aromatic heterocycles. The van der Waals surface area contributed by atoms with E-state index < -0.39 is 0 Å². The fraction of sp³-hybridized carbons (Fsp3) is 0.267. The highest BCUT2D eigenvalue weighted by molar-refractivity contribution is 7.07. The molecule has 2 rings (SSSR count). The highest BCUT2D eigenvalue weighted by Crippen LogP contribution is 2.19. The van der Waals surface area contributed by atoms with Crippen LogP contribution in [0.3, 0.4) is 0 Å². The summed E-state index contributed by atoms with van der Waals surface area (Å²) >= 11 is 1.63. The first-order chi connectivity index (χ1) is 9.29. The van der Waals surface area contributed by atoms with Crippen molar-refractivity contribution in [2.45, 2.75) is 26.0 Å². The minimum Gasteiger partial charge on any atom is -0.445 e. The van der Waals surface area contributed by atoms with E-state index >= 15 is 0 Å². The van der Waals surface area contributed by atoms with Crippen LogP contribution in [0.5, 0.6) is 0 Å². The maximum absolute atomic E-state index is 11.8. The van der Waals surface area contributed by atoms with Crippen LogP contribution < -0.4 is 5.32 Å². The second-order valence-corrected chi connectivity index (χ2v) is 5.00. The van der Waals surface area contributed by atoms with E-state index in [1.165, 1.54) is 0 Å². The summed E-state index contributed by atoms with van der Waals surface area (Å²) in [5.41, 5.74) is 2.12. The van der Waals surface area contributed by atoms with E-state index in [1.807, 2.05) is 54.1 Å². The maximum atomic E-state index is 11.8. The SMILES string of the molecule is CC[C@H](NC(=O)OCc1ccccc1)c1ccsc1. The Balaban J connectivity index is 1.84. The van der Waals surface area contributed by atoms with E-state index in [0.717, 1.165) is 17.5 Å². The van der Waals surface area contributed by atoms with Gasteiger partial charge in [0.2, 0.25) is 0 Å². The number of hydrogen-bond acceptors (Lipinski definition) is 3. The van der Waals surface area contributed by atoms with E-state index in [4.69, 9.17) is 4.74 Å². The summed E-state index contributed by atoms with van der Waals surface area (Å²) in [7, 11) is 0. The average molecular weight is 275 g/mol. The number of carbonyl (C=O) groups is 1. The zero-order valence-corrected chi connectivity index (χ0v) is 11.7. The van der Waals surface area contributed by atoms with Gasteiger partial charge in [0.25, 0.3) is 0 Å². The Morgan fingerprint density at radius 3 is 2.74 bits per heavy atom. The zero-order valence-electron chi connectivity index (χ0n) is 10.8. The molecule has 0 saturated carbocycles. The number of carbonyl (C=O) groups excluding carboxylic acids is 1. The number of rotatable bonds is 5. The summed E-state index contributed by atoms with van der Waals surface area (Å²) in [5.74, 6) is 0. The van der Waals surface area contributed by atoms with Crippen LogP contribution in [0, 0.1) is 0 Å². The van der Waals surface area contributed by atoms with Crippen molar-refractivity contribution in [1.29, 1.82) is 0 Å². The van der Waals surface area contributed by atoms with E-state index in [1.54, 1.807) is 11.3 Å². The van der Waals surface area contributed by atoms with E-state index in [0.29, 0.717) is 6.61 Å². The van der Waals surface area contributed by atoms with Gasteiger partial charge in [0.1, 0.15) is 6.61 Å². The first-order valence-corrected chi connectivity index (χ1v) is 7.23. The fourth-order valence-corrected chi connectivity index (χ4v) is 2.52. The van der Waals surface area contributed by atoms with Crippen LogP contribution >= 0.6 is 11.3 Å². The Kier molecular flexibility index (Phi) is 4.98. The molecule has 19 heavy (non-hydrogen) atoms. The number of nitrogens with one attached hydrogen (secondary N) is 1. The lowest BCUT2D eigenvalue weighted by Crippen LogP contribution is -2.28. The highest BCUT2D eigenvalue weighted by atomic mass is 32.1. The molecule has 4 heteroatoms. The summed E-state index contributed by atoms with van der Waals surface area (Å²) < 4.78 is 5.21. The molecule has 0 fully saturated rings. The van der Waals surface area contributed by atoms with Crippen molar-refractivity contribution in [3.63, 3.8) is 0 Å². The average Bonchev–Trinajstić information content (AvgIpc) is 2.97. The molecule has 0 unspecified atom stereocenters. The quantitative estimate of drug-likeness (QED) is 0.891. The first kappa shape index (κ1) is 13.6. The summed E-state index contributed by atoms with van der Waals surface area (Å²) in [6.07, 6.45) is 0.471. The van der Waals surface area contributed by atoms with Gasteiger partial charge in [-0.1, -0.05) is 37.3 Å². The Hall–Kier alpha value is -1.81. The molecule has 0 aliphatic heterocycles.